The average Bonchev–Trinajstić information content (AvgIpc) is 2.81. The quantitative estimate of drug-likeness (QED) is 0.739. The molecule has 17 heavy (non-hydrogen) atoms. The number of aldehydes is 1. The Morgan fingerprint density at radius 1 is 1.47 bits per heavy atom. The number of aryl methyl sites for hydroxylation is 2. The first-order valence-corrected chi connectivity index (χ1v) is 5.22. The Morgan fingerprint density at radius 2 is 2.18 bits per heavy atom. The predicted octanol–water partition coefficient (Wildman–Crippen LogP) is 1.67. The fourth-order valence-corrected chi connectivity index (χ4v) is 1.98. The third-order valence-electron chi connectivity index (χ3n) is 2.67. The third-order valence-corrected chi connectivity index (χ3v) is 2.67. The van der Waals surface area contributed by atoms with Crippen LogP contribution in [0.2, 0.25) is 0 Å². The van der Waals surface area contributed by atoms with Crippen LogP contribution in [0.1, 0.15) is 27.9 Å². The zero-order chi connectivity index (χ0) is 12.6. The minimum atomic E-state index is -0.167. The number of carbonyl (C=O) groups excluding carboxylic acids is 2. The zero-order valence-electron chi connectivity index (χ0n) is 9.97. The minimum absolute atomic E-state index is 0.167. The molecule has 0 aliphatic rings. The number of aromatic nitrogens is 3. The molecule has 0 fully saturated rings. The molecular weight excluding hydrogens is 218 g/mol. The second-order valence-corrected chi connectivity index (χ2v) is 3.96. The lowest BCUT2D eigenvalue weighted by molar-refractivity contribution is 0.0922. The van der Waals surface area contributed by atoms with Crippen LogP contribution in [-0.4, -0.2) is 26.5 Å². The smallest absolute Gasteiger partial charge is 0.228 e. The molecule has 0 bridgehead atoms. The lowest BCUT2D eigenvalue weighted by atomic mass is 10.1. The van der Waals surface area contributed by atoms with Crippen LogP contribution in [0.3, 0.4) is 0 Å². The molecule has 0 saturated heterocycles. The molecule has 5 heteroatoms. The van der Waals surface area contributed by atoms with Crippen molar-refractivity contribution in [3.63, 3.8) is 0 Å². The molecule has 5 nitrogen and oxygen atoms in total. The first kappa shape index (κ1) is 11.3. The van der Waals surface area contributed by atoms with E-state index in [1.807, 2.05) is 12.3 Å². The summed E-state index contributed by atoms with van der Waals surface area (Å²) in [6.45, 7) is 3.24. The highest BCUT2D eigenvalue weighted by Gasteiger charge is 2.16. The van der Waals surface area contributed by atoms with Crippen molar-refractivity contribution in [3.8, 4) is 11.1 Å². The van der Waals surface area contributed by atoms with E-state index in [-0.39, 0.29) is 5.91 Å². The molecule has 0 amide bonds. The molecule has 0 aliphatic heterocycles. The summed E-state index contributed by atoms with van der Waals surface area (Å²) in [6.07, 6.45) is 4.19. The van der Waals surface area contributed by atoms with Gasteiger partial charge in [0.15, 0.2) is 6.29 Å². The van der Waals surface area contributed by atoms with Crippen molar-refractivity contribution in [1.29, 1.82) is 0 Å². The molecule has 0 aliphatic carbocycles. The second-order valence-electron chi connectivity index (χ2n) is 3.96. The zero-order valence-corrected chi connectivity index (χ0v) is 9.97. The van der Waals surface area contributed by atoms with Crippen LogP contribution in [-0.2, 0) is 7.05 Å². The van der Waals surface area contributed by atoms with Crippen molar-refractivity contribution in [2.24, 2.45) is 7.05 Å². The Balaban J connectivity index is 2.67. The van der Waals surface area contributed by atoms with Crippen LogP contribution >= 0.6 is 0 Å². The Kier molecular flexibility index (Phi) is 2.67. The lowest BCUT2D eigenvalue weighted by Crippen LogP contribution is -2.11. The molecule has 0 radical (unpaired) electrons. The fourth-order valence-electron chi connectivity index (χ4n) is 1.98. The van der Waals surface area contributed by atoms with E-state index in [4.69, 9.17) is 0 Å². The van der Waals surface area contributed by atoms with E-state index >= 15 is 0 Å². The van der Waals surface area contributed by atoms with E-state index < -0.39 is 0 Å². The van der Waals surface area contributed by atoms with E-state index in [1.54, 1.807) is 24.9 Å². The van der Waals surface area contributed by atoms with Gasteiger partial charge in [0.2, 0.25) is 5.91 Å². The van der Waals surface area contributed by atoms with Gasteiger partial charge in [-0.05, 0) is 13.0 Å². The number of hydrogen-bond donors (Lipinski definition) is 0. The Bertz CT molecular complexity index is 593. The Labute approximate surface area is 98.7 Å². The van der Waals surface area contributed by atoms with Crippen molar-refractivity contribution in [1.82, 2.24) is 14.3 Å². The first-order chi connectivity index (χ1) is 8.04. The van der Waals surface area contributed by atoms with Gasteiger partial charge >= 0.3 is 0 Å². The standard InChI is InChI=1S/C12H13N3O2/c1-8-4-11(10-5-13-14(3)6-10)12(7-16)15(8)9(2)17/h4-7H,1-3H3. The summed E-state index contributed by atoms with van der Waals surface area (Å²) >= 11 is 0. The number of rotatable bonds is 2. The van der Waals surface area contributed by atoms with Gasteiger partial charge in [0.25, 0.3) is 0 Å². The van der Waals surface area contributed by atoms with E-state index in [0.717, 1.165) is 16.8 Å². The molecule has 2 aromatic rings. The highest BCUT2D eigenvalue weighted by atomic mass is 16.2. The maximum atomic E-state index is 11.5. The number of hydrogen-bond acceptors (Lipinski definition) is 3. The van der Waals surface area contributed by atoms with Gasteiger partial charge in [-0.25, -0.2) is 0 Å². The van der Waals surface area contributed by atoms with Gasteiger partial charge in [0.05, 0.1) is 11.9 Å². The average molecular weight is 231 g/mol. The van der Waals surface area contributed by atoms with Crippen LogP contribution in [0.4, 0.5) is 0 Å². The summed E-state index contributed by atoms with van der Waals surface area (Å²) in [5, 5.41) is 4.06. The number of carbonyl (C=O) groups is 2. The highest BCUT2D eigenvalue weighted by Crippen LogP contribution is 2.25. The van der Waals surface area contributed by atoms with Crippen molar-refractivity contribution in [2.75, 3.05) is 0 Å². The minimum Gasteiger partial charge on any atom is -0.296 e. The second kappa shape index (κ2) is 4.01. The molecule has 88 valence electrons. The van der Waals surface area contributed by atoms with Crippen LogP contribution in [0, 0.1) is 6.92 Å². The van der Waals surface area contributed by atoms with E-state index in [2.05, 4.69) is 5.10 Å². The van der Waals surface area contributed by atoms with E-state index in [0.29, 0.717) is 12.0 Å². The molecule has 0 unspecified atom stereocenters. The van der Waals surface area contributed by atoms with Gasteiger partial charge in [0.1, 0.15) is 0 Å². The summed E-state index contributed by atoms with van der Waals surface area (Å²) in [5.41, 5.74) is 2.69. The van der Waals surface area contributed by atoms with Gasteiger partial charge in [-0.1, -0.05) is 0 Å². The van der Waals surface area contributed by atoms with Gasteiger partial charge in [0, 0.05) is 37.0 Å². The molecule has 0 N–H and O–H groups in total. The van der Waals surface area contributed by atoms with Crippen molar-refractivity contribution in [3.05, 3.63) is 29.8 Å². The maximum Gasteiger partial charge on any atom is 0.228 e. The molecule has 0 saturated carbocycles. The van der Waals surface area contributed by atoms with Gasteiger partial charge in [-0.15, -0.1) is 0 Å². The molecule has 2 rings (SSSR count). The summed E-state index contributed by atoms with van der Waals surface area (Å²) in [5.74, 6) is -0.167. The Morgan fingerprint density at radius 3 is 2.65 bits per heavy atom. The van der Waals surface area contributed by atoms with Crippen LogP contribution < -0.4 is 0 Å². The Hall–Kier alpha value is -2.17. The van der Waals surface area contributed by atoms with Gasteiger partial charge in [-0.2, -0.15) is 5.10 Å². The van der Waals surface area contributed by atoms with Crippen LogP contribution in [0.5, 0.6) is 0 Å². The first-order valence-electron chi connectivity index (χ1n) is 5.22. The SMILES string of the molecule is CC(=O)n1c(C)cc(-c2cnn(C)c2)c1C=O. The van der Waals surface area contributed by atoms with E-state index in [1.165, 1.54) is 11.5 Å². The van der Waals surface area contributed by atoms with Crippen molar-refractivity contribution in [2.45, 2.75) is 13.8 Å². The van der Waals surface area contributed by atoms with Crippen LogP contribution in [0.15, 0.2) is 18.5 Å². The third kappa shape index (κ3) is 1.80. The molecular formula is C12H13N3O2. The molecule has 0 aromatic carbocycles. The summed E-state index contributed by atoms with van der Waals surface area (Å²) < 4.78 is 3.07. The fraction of sp³-hybridized carbons (Fsp3) is 0.250. The highest BCUT2D eigenvalue weighted by molar-refractivity contribution is 5.93. The predicted molar refractivity (Wildman–Crippen MR) is 63.1 cm³/mol. The van der Waals surface area contributed by atoms with Crippen molar-refractivity contribution < 1.29 is 9.59 Å². The normalized spacial score (nSPS) is 10.5. The van der Waals surface area contributed by atoms with Gasteiger partial charge in [-0.3, -0.25) is 18.8 Å². The lowest BCUT2D eigenvalue weighted by Gasteiger charge is -2.02. The van der Waals surface area contributed by atoms with Crippen LogP contribution in [0.25, 0.3) is 11.1 Å². The largest absolute Gasteiger partial charge is 0.296 e. The summed E-state index contributed by atoms with van der Waals surface area (Å²) in [7, 11) is 1.80. The van der Waals surface area contributed by atoms with Gasteiger partial charge < -0.3 is 0 Å². The van der Waals surface area contributed by atoms with E-state index in [9.17, 15) is 9.59 Å². The summed E-state index contributed by atoms with van der Waals surface area (Å²) in [6, 6.07) is 1.82. The molecule has 0 atom stereocenters. The maximum absolute atomic E-state index is 11.5. The van der Waals surface area contributed by atoms with Crippen molar-refractivity contribution >= 4 is 12.2 Å². The number of nitrogens with zero attached hydrogens (tertiary/aromatic N) is 3. The molecule has 2 aromatic heterocycles. The topological polar surface area (TPSA) is 56.9 Å². The molecule has 2 heterocycles. The summed E-state index contributed by atoms with van der Waals surface area (Å²) in [4.78, 5) is 22.6. The monoisotopic (exact) mass is 231 g/mol. The molecule has 0 spiro atoms.